The van der Waals surface area contributed by atoms with Gasteiger partial charge in [-0.25, -0.2) is 0 Å². The van der Waals surface area contributed by atoms with Crippen molar-refractivity contribution in [3.8, 4) is 0 Å². The van der Waals surface area contributed by atoms with Gasteiger partial charge in [0.25, 0.3) is 5.91 Å². The number of rotatable bonds is 7. The summed E-state index contributed by atoms with van der Waals surface area (Å²) in [4.78, 5) is 15.8. The summed E-state index contributed by atoms with van der Waals surface area (Å²) in [6, 6.07) is 8.07. The zero-order valence-corrected chi connectivity index (χ0v) is 18.9. The van der Waals surface area contributed by atoms with E-state index < -0.39 is 23.6 Å². The van der Waals surface area contributed by atoms with Crippen molar-refractivity contribution >= 4 is 5.91 Å². The van der Waals surface area contributed by atoms with E-state index in [2.05, 4.69) is 16.3 Å². The highest BCUT2D eigenvalue weighted by Crippen LogP contribution is 2.43. The zero-order chi connectivity index (χ0) is 22.1. The minimum Gasteiger partial charge on any atom is -0.390 e. The number of carbonyl (C=O) groups is 1. The van der Waals surface area contributed by atoms with Gasteiger partial charge < -0.3 is 29.5 Å². The molecule has 0 unspecified atom stereocenters. The highest BCUT2D eigenvalue weighted by molar-refractivity contribution is 5.85. The molecule has 1 saturated carbocycles. The van der Waals surface area contributed by atoms with Crippen LogP contribution in [0.15, 0.2) is 24.3 Å². The van der Waals surface area contributed by atoms with Crippen molar-refractivity contribution in [1.82, 2.24) is 10.2 Å². The van der Waals surface area contributed by atoms with Crippen LogP contribution in [0.4, 0.5) is 0 Å². The Hall–Kier alpha value is -1.51. The second-order valence-corrected chi connectivity index (χ2v) is 9.69. The number of hydrogen-bond acceptors (Lipinski definition) is 6. The lowest BCUT2D eigenvalue weighted by atomic mass is 9.78. The first-order valence-electron chi connectivity index (χ1n) is 11.5. The van der Waals surface area contributed by atoms with Crippen LogP contribution < -0.4 is 5.32 Å². The topological polar surface area (TPSA) is 80.3 Å². The zero-order valence-electron chi connectivity index (χ0n) is 18.9. The number of aliphatic hydroxyl groups is 1. The van der Waals surface area contributed by atoms with Gasteiger partial charge in [-0.15, -0.1) is 0 Å². The second kappa shape index (κ2) is 9.16. The Bertz CT molecular complexity index is 779. The first kappa shape index (κ1) is 22.7. The monoisotopic (exact) mass is 432 g/mol. The van der Waals surface area contributed by atoms with Crippen LogP contribution >= 0.6 is 0 Å². The highest BCUT2D eigenvalue weighted by Gasteiger charge is 2.57. The van der Waals surface area contributed by atoms with Gasteiger partial charge in [0.05, 0.1) is 18.8 Å². The molecule has 2 saturated heterocycles. The summed E-state index contributed by atoms with van der Waals surface area (Å²) >= 11 is 0. The third-order valence-corrected chi connectivity index (χ3v) is 6.59. The number of aryl methyl sites for hydroxylation is 1. The van der Waals surface area contributed by atoms with Gasteiger partial charge in [0.15, 0.2) is 11.4 Å². The molecule has 2 N–H and O–H groups in total. The maximum atomic E-state index is 13.4. The van der Waals surface area contributed by atoms with Crippen LogP contribution in [0, 0.1) is 6.92 Å². The molecule has 0 spiro atoms. The predicted molar refractivity (Wildman–Crippen MR) is 116 cm³/mol. The number of nitrogens with zero attached hydrogens (tertiary/aromatic N) is 1. The largest absolute Gasteiger partial charge is 0.390 e. The Kier molecular flexibility index (Phi) is 6.70. The van der Waals surface area contributed by atoms with Crippen LogP contribution in [0.5, 0.6) is 0 Å². The maximum Gasteiger partial charge on any atom is 0.252 e. The number of carbonyl (C=O) groups excluding carboxylic acids is 1. The molecule has 2 aliphatic heterocycles. The molecule has 1 aromatic rings. The Morgan fingerprint density at radius 1 is 1.26 bits per heavy atom. The van der Waals surface area contributed by atoms with E-state index in [1.165, 1.54) is 12.8 Å². The molecule has 0 radical (unpaired) electrons. The lowest BCUT2D eigenvalue weighted by Gasteiger charge is -2.42. The normalized spacial score (nSPS) is 32.7. The van der Waals surface area contributed by atoms with Crippen molar-refractivity contribution in [3.63, 3.8) is 0 Å². The molecule has 1 aliphatic carbocycles. The highest BCUT2D eigenvalue weighted by atomic mass is 16.8. The van der Waals surface area contributed by atoms with Gasteiger partial charge in [0.2, 0.25) is 0 Å². The van der Waals surface area contributed by atoms with Crippen molar-refractivity contribution in [1.29, 1.82) is 0 Å². The quantitative estimate of drug-likeness (QED) is 0.687. The SMILES string of the molecule is Cc1cccc(CO[C@]2(C(=O)NCCN3CCCC3)C[C@@H](O)[C@@H]3OC(C)(C)O[C@@H]3C2)c1. The van der Waals surface area contributed by atoms with Gasteiger partial charge in [0, 0.05) is 25.9 Å². The Balaban J connectivity index is 1.48. The second-order valence-electron chi connectivity index (χ2n) is 9.69. The number of likely N-dealkylation sites (tertiary alicyclic amines) is 1. The summed E-state index contributed by atoms with van der Waals surface area (Å²) in [5.74, 6) is -0.958. The van der Waals surface area contributed by atoms with Crippen molar-refractivity contribution in [2.45, 2.75) is 82.8 Å². The standard InChI is InChI=1S/C24H36N2O5/c1-17-7-6-8-18(13-17)16-29-24(22(28)25-9-12-26-10-4-5-11-26)14-19(27)21-20(15-24)30-23(2,3)31-21/h6-8,13,19-21,27H,4-5,9-12,14-16H2,1-3H3,(H,25,28)/t19-,20-,21+,24-/m1/s1. The number of nitrogens with one attached hydrogen (secondary N) is 1. The number of hydrogen-bond donors (Lipinski definition) is 2. The van der Waals surface area contributed by atoms with E-state index in [1.807, 2.05) is 39.0 Å². The van der Waals surface area contributed by atoms with E-state index in [-0.39, 0.29) is 18.4 Å². The Morgan fingerprint density at radius 3 is 2.77 bits per heavy atom. The lowest BCUT2D eigenvalue weighted by Crippen LogP contribution is -2.59. The van der Waals surface area contributed by atoms with E-state index in [0.29, 0.717) is 19.6 Å². The summed E-state index contributed by atoms with van der Waals surface area (Å²) in [7, 11) is 0. The van der Waals surface area contributed by atoms with Gasteiger partial charge in [0.1, 0.15) is 6.10 Å². The van der Waals surface area contributed by atoms with Crippen molar-refractivity contribution in [2.24, 2.45) is 0 Å². The Labute approximate surface area is 185 Å². The third-order valence-electron chi connectivity index (χ3n) is 6.59. The molecule has 0 aromatic heterocycles. The van der Waals surface area contributed by atoms with E-state index >= 15 is 0 Å². The number of amides is 1. The van der Waals surface area contributed by atoms with Crippen molar-refractivity contribution < 1.29 is 24.1 Å². The molecule has 1 amide bonds. The molecule has 4 rings (SSSR count). The lowest BCUT2D eigenvalue weighted by molar-refractivity contribution is -0.174. The summed E-state index contributed by atoms with van der Waals surface area (Å²) in [6.45, 7) is 9.59. The van der Waals surface area contributed by atoms with Crippen LogP contribution in [0.1, 0.15) is 50.7 Å². The summed E-state index contributed by atoms with van der Waals surface area (Å²) < 4.78 is 18.3. The average Bonchev–Trinajstić information content (AvgIpc) is 3.33. The number of ether oxygens (including phenoxy) is 3. The van der Waals surface area contributed by atoms with E-state index in [1.54, 1.807) is 0 Å². The molecule has 0 bridgehead atoms. The summed E-state index contributed by atoms with van der Waals surface area (Å²) in [5.41, 5.74) is 0.993. The van der Waals surface area contributed by atoms with Gasteiger partial charge in [-0.05, 0) is 52.3 Å². The summed E-state index contributed by atoms with van der Waals surface area (Å²) in [5, 5.41) is 13.9. The van der Waals surface area contributed by atoms with Gasteiger partial charge in [-0.3, -0.25) is 4.79 Å². The molecule has 1 aromatic carbocycles. The first-order valence-corrected chi connectivity index (χ1v) is 11.5. The minimum atomic E-state index is -1.15. The van der Waals surface area contributed by atoms with Crippen LogP contribution in [-0.2, 0) is 25.6 Å². The molecule has 2 heterocycles. The van der Waals surface area contributed by atoms with Crippen LogP contribution in [0.3, 0.4) is 0 Å². The Morgan fingerprint density at radius 2 is 2.03 bits per heavy atom. The molecular weight excluding hydrogens is 396 g/mol. The molecule has 7 heteroatoms. The van der Waals surface area contributed by atoms with Crippen LogP contribution in [0.25, 0.3) is 0 Å². The van der Waals surface area contributed by atoms with E-state index in [9.17, 15) is 9.90 Å². The summed E-state index contributed by atoms with van der Waals surface area (Å²) in [6.07, 6.45) is 1.33. The fourth-order valence-electron chi connectivity index (χ4n) is 5.10. The molecule has 7 nitrogen and oxygen atoms in total. The molecule has 4 atom stereocenters. The molecular formula is C24H36N2O5. The average molecular weight is 433 g/mol. The predicted octanol–water partition coefficient (Wildman–Crippen LogP) is 2.14. The molecule has 31 heavy (non-hydrogen) atoms. The molecule has 3 fully saturated rings. The van der Waals surface area contributed by atoms with E-state index in [0.717, 1.165) is 30.8 Å². The number of fused-ring (bicyclic) bond motifs is 1. The van der Waals surface area contributed by atoms with Gasteiger partial charge in [-0.1, -0.05) is 29.8 Å². The number of aliphatic hydroxyl groups excluding tert-OH is 1. The smallest absolute Gasteiger partial charge is 0.252 e. The molecule has 172 valence electrons. The molecule has 3 aliphatic rings. The van der Waals surface area contributed by atoms with Crippen molar-refractivity contribution in [3.05, 3.63) is 35.4 Å². The van der Waals surface area contributed by atoms with Crippen LogP contribution in [0.2, 0.25) is 0 Å². The van der Waals surface area contributed by atoms with Gasteiger partial charge >= 0.3 is 0 Å². The van der Waals surface area contributed by atoms with Gasteiger partial charge in [-0.2, -0.15) is 0 Å². The number of benzene rings is 1. The minimum absolute atomic E-state index is 0.176. The van der Waals surface area contributed by atoms with Crippen molar-refractivity contribution in [2.75, 3.05) is 26.2 Å². The fraction of sp³-hybridized carbons (Fsp3) is 0.708. The van der Waals surface area contributed by atoms with Crippen LogP contribution in [-0.4, -0.2) is 71.8 Å². The maximum absolute atomic E-state index is 13.4. The fourth-order valence-corrected chi connectivity index (χ4v) is 5.10. The third kappa shape index (κ3) is 5.29. The van der Waals surface area contributed by atoms with E-state index in [4.69, 9.17) is 14.2 Å². The first-order chi connectivity index (χ1) is 14.8.